The maximum Gasteiger partial charge on any atom is 0.0462 e. The van der Waals surface area contributed by atoms with Crippen molar-refractivity contribution >= 4 is 0 Å². The molecule has 0 aromatic heterocycles. The zero-order valence-electron chi connectivity index (χ0n) is 6.65. The van der Waals surface area contributed by atoms with E-state index in [0.29, 0.717) is 0 Å². The highest BCUT2D eigenvalue weighted by Crippen LogP contribution is 1.93. The molecular weight excluding hydrogens is 124 g/mol. The van der Waals surface area contributed by atoms with Crippen molar-refractivity contribution in [3.05, 3.63) is 6.92 Å². The predicted molar refractivity (Wildman–Crippen MR) is 43.5 cm³/mol. The van der Waals surface area contributed by atoms with Crippen molar-refractivity contribution in [2.75, 3.05) is 13.7 Å². The zero-order valence-corrected chi connectivity index (χ0v) is 6.65. The van der Waals surface area contributed by atoms with Crippen LogP contribution < -0.4 is 0 Å². The highest BCUT2D eigenvalue weighted by atomic mass is 16.5. The van der Waals surface area contributed by atoms with Gasteiger partial charge in [0, 0.05) is 26.6 Å². The lowest BCUT2D eigenvalue weighted by atomic mass is 10.2. The summed E-state index contributed by atoms with van der Waals surface area (Å²) in [6.45, 7) is 4.47. The summed E-state index contributed by atoms with van der Waals surface area (Å²) >= 11 is 0. The Balaban J connectivity index is 2.90. The molecule has 0 heterocycles. The Labute approximate surface area is 63.8 Å². The summed E-state index contributed by atoms with van der Waals surface area (Å²) in [5.41, 5.74) is 0. The second kappa shape index (κ2) is 8.52. The van der Waals surface area contributed by atoms with Gasteiger partial charge in [0.05, 0.1) is 0 Å². The van der Waals surface area contributed by atoms with E-state index in [9.17, 15) is 0 Å². The summed E-state index contributed by atoms with van der Waals surface area (Å²) in [6, 6.07) is 0. The van der Waals surface area contributed by atoms with Crippen LogP contribution in [0.2, 0.25) is 0 Å². The average Bonchev–Trinajstić information content (AvgIpc) is 1.97. The molecule has 1 nitrogen and oxygen atoms in total. The van der Waals surface area contributed by atoms with Gasteiger partial charge >= 0.3 is 0 Å². The first-order valence-corrected chi connectivity index (χ1v) is 3.65. The van der Waals surface area contributed by atoms with E-state index in [0.717, 1.165) is 32.3 Å². The zero-order chi connectivity index (χ0) is 7.66. The smallest absolute Gasteiger partial charge is 0.0462 e. The minimum Gasteiger partial charge on any atom is -0.385 e. The number of rotatable bonds is 4. The van der Waals surface area contributed by atoms with Gasteiger partial charge < -0.3 is 4.74 Å². The summed E-state index contributed by atoms with van der Waals surface area (Å²) in [4.78, 5) is 0. The lowest BCUT2D eigenvalue weighted by Crippen LogP contribution is -1.86. The lowest BCUT2D eigenvalue weighted by Gasteiger charge is -1.93. The Bertz CT molecular complexity index is 108. The quantitative estimate of drug-likeness (QED) is 0.428. The van der Waals surface area contributed by atoms with Crippen LogP contribution in [0.25, 0.3) is 0 Å². The molecule has 0 bridgehead atoms. The van der Waals surface area contributed by atoms with Crippen LogP contribution in [0.4, 0.5) is 0 Å². The molecule has 1 radical (unpaired) electrons. The molecule has 57 valence electrons. The summed E-state index contributed by atoms with van der Waals surface area (Å²) < 4.78 is 4.89. The molecule has 0 rings (SSSR count). The van der Waals surface area contributed by atoms with Crippen molar-refractivity contribution in [1.29, 1.82) is 0 Å². The SMILES string of the molecule is [CH2]CC#CCCCCOC. The molecule has 0 aliphatic rings. The van der Waals surface area contributed by atoms with Gasteiger partial charge in [-0.3, -0.25) is 0 Å². The van der Waals surface area contributed by atoms with Crippen molar-refractivity contribution in [3.8, 4) is 11.8 Å². The van der Waals surface area contributed by atoms with Gasteiger partial charge in [-0.25, -0.2) is 0 Å². The van der Waals surface area contributed by atoms with Crippen molar-refractivity contribution < 1.29 is 4.74 Å². The minimum atomic E-state index is 0.726. The van der Waals surface area contributed by atoms with E-state index in [1.54, 1.807) is 7.11 Å². The van der Waals surface area contributed by atoms with Crippen LogP contribution in [0.1, 0.15) is 25.7 Å². The Hall–Kier alpha value is -0.480. The van der Waals surface area contributed by atoms with Gasteiger partial charge in [0.2, 0.25) is 0 Å². The van der Waals surface area contributed by atoms with Crippen LogP contribution in [0.5, 0.6) is 0 Å². The molecule has 0 aliphatic carbocycles. The number of methoxy groups -OCH3 is 1. The van der Waals surface area contributed by atoms with Gasteiger partial charge in [-0.15, -0.1) is 11.8 Å². The highest BCUT2D eigenvalue weighted by molar-refractivity contribution is 4.98. The summed E-state index contributed by atoms with van der Waals surface area (Å²) in [7, 11) is 1.72. The predicted octanol–water partition coefficient (Wildman–Crippen LogP) is 2.03. The molecule has 10 heavy (non-hydrogen) atoms. The van der Waals surface area contributed by atoms with E-state index in [2.05, 4.69) is 18.8 Å². The van der Waals surface area contributed by atoms with Gasteiger partial charge in [-0.2, -0.15) is 0 Å². The van der Waals surface area contributed by atoms with E-state index in [1.807, 2.05) is 0 Å². The number of unbranched alkanes of at least 4 members (excludes halogenated alkanes) is 2. The molecule has 0 saturated heterocycles. The fourth-order valence-corrected chi connectivity index (χ4v) is 0.637. The Morgan fingerprint density at radius 3 is 2.70 bits per heavy atom. The molecule has 0 fully saturated rings. The third-order valence-corrected chi connectivity index (χ3v) is 1.15. The third-order valence-electron chi connectivity index (χ3n) is 1.15. The Morgan fingerprint density at radius 1 is 1.30 bits per heavy atom. The molecule has 0 N–H and O–H groups in total. The van der Waals surface area contributed by atoms with Gasteiger partial charge in [0.1, 0.15) is 0 Å². The van der Waals surface area contributed by atoms with Crippen molar-refractivity contribution in [1.82, 2.24) is 0 Å². The minimum absolute atomic E-state index is 0.726. The molecule has 0 aliphatic heterocycles. The van der Waals surface area contributed by atoms with Crippen molar-refractivity contribution in [2.24, 2.45) is 0 Å². The molecule has 0 atom stereocenters. The third kappa shape index (κ3) is 7.52. The average molecular weight is 139 g/mol. The fraction of sp³-hybridized carbons (Fsp3) is 0.667. The molecule has 0 unspecified atom stereocenters. The largest absolute Gasteiger partial charge is 0.385 e. The molecule has 0 amide bonds. The summed E-state index contributed by atoms with van der Waals surface area (Å²) in [5.74, 6) is 5.95. The van der Waals surface area contributed by atoms with Crippen LogP contribution in [-0.4, -0.2) is 13.7 Å². The van der Waals surface area contributed by atoms with Crippen LogP contribution in [-0.2, 0) is 4.74 Å². The van der Waals surface area contributed by atoms with E-state index in [4.69, 9.17) is 4.74 Å². The summed E-state index contributed by atoms with van der Waals surface area (Å²) in [6.07, 6.45) is 3.96. The van der Waals surface area contributed by atoms with Gasteiger partial charge in [0.25, 0.3) is 0 Å². The van der Waals surface area contributed by atoms with E-state index in [-0.39, 0.29) is 0 Å². The van der Waals surface area contributed by atoms with Gasteiger partial charge in [-0.1, -0.05) is 0 Å². The van der Waals surface area contributed by atoms with E-state index < -0.39 is 0 Å². The molecular formula is C9H15O. The van der Waals surface area contributed by atoms with Crippen molar-refractivity contribution in [3.63, 3.8) is 0 Å². The molecule has 0 aromatic carbocycles. The normalized spacial score (nSPS) is 8.60. The van der Waals surface area contributed by atoms with E-state index in [1.165, 1.54) is 0 Å². The topological polar surface area (TPSA) is 9.23 Å². The fourth-order valence-electron chi connectivity index (χ4n) is 0.637. The Kier molecular flexibility index (Phi) is 8.11. The first-order valence-electron chi connectivity index (χ1n) is 3.65. The summed E-state index contributed by atoms with van der Waals surface area (Å²) in [5, 5.41) is 0. The van der Waals surface area contributed by atoms with Crippen LogP contribution in [0, 0.1) is 18.8 Å². The van der Waals surface area contributed by atoms with Crippen LogP contribution in [0.15, 0.2) is 0 Å². The number of hydrogen-bond acceptors (Lipinski definition) is 1. The molecule has 0 spiro atoms. The first-order chi connectivity index (χ1) is 4.91. The van der Waals surface area contributed by atoms with Crippen LogP contribution in [0.3, 0.4) is 0 Å². The van der Waals surface area contributed by atoms with Gasteiger partial charge in [-0.05, 0) is 19.8 Å². The standard InChI is InChI=1S/C9H15O/c1-3-4-5-6-7-8-9-10-2/h1,3,6-9H2,2H3. The first kappa shape index (κ1) is 9.52. The highest BCUT2D eigenvalue weighted by Gasteiger charge is 1.82. The maximum atomic E-state index is 4.89. The number of ether oxygens (including phenoxy) is 1. The maximum absolute atomic E-state index is 4.89. The van der Waals surface area contributed by atoms with Crippen molar-refractivity contribution in [2.45, 2.75) is 25.7 Å². The number of hydrogen-bond donors (Lipinski definition) is 0. The molecule has 0 aromatic rings. The Morgan fingerprint density at radius 2 is 2.10 bits per heavy atom. The second-order valence-electron chi connectivity index (χ2n) is 2.05. The monoisotopic (exact) mass is 139 g/mol. The van der Waals surface area contributed by atoms with Crippen LogP contribution >= 0.6 is 0 Å². The van der Waals surface area contributed by atoms with E-state index >= 15 is 0 Å². The van der Waals surface area contributed by atoms with Gasteiger partial charge in [0.15, 0.2) is 0 Å². The second-order valence-corrected chi connectivity index (χ2v) is 2.05. The molecule has 1 heteroatoms. The molecule has 0 saturated carbocycles. The lowest BCUT2D eigenvalue weighted by molar-refractivity contribution is 0.193.